The lowest BCUT2D eigenvalue weighted by atomic mass is 9.49. The molecule has 1 N–H and O–H groups in total. The van der Waals surface area contributed by atoms with Crippen LogP contribution < -0.4 is 5.32 Å². The number of fused-ring (bicyclic) bond motifs is 3. The Morgan fingerprint density at radius 1 is 1.05 bits per heavy atom. The van der Waals surface area contributed by atoms with Gasteiger partial charge in [0.15, 0.2) is 0 Å². The third-order valence-electron chi connectivity index (χ3n) is 9.20. The molecular formula is C32H37ClN2O2. The zero-order valence-corrected chi connectivity index (χ0v) is 23.1. The van der Waals surface area contributed by atoms with Gasteiger partial charge in [-0.15, -0.1) is 0 Å². The summed E-state index contributed by atoms with van der Waals surface area (Å²) in [5.74, 6) is 1.07. The number of nitro groups is 1. The van der Waals surface area contributed by atoms with E-state index >= 15 is 0 Å². The van der Waals surface area contributed by atoms with E-state index in [0.717, 1.165) is 30.5 Å². The molecule has 0 bridgehead atoms. The average Bonchev–Trinajstić information content (AvgIpc) is 2.87. The molecule has 0 aliphatic heterocycles. The quantitative estimate of drug-likeness (QED) is 0.262. The lowest BCUT2D eigenvalue weighted by molar-refractivity contribution is -0.383. The first kappa shape index (κ1) is 25.8. The van der Waals surface area contributed by atoms with E-state index in [1.807, 2.05) is 30.3 Å². The molecule has 3 aromatic carbocycles. The molecule has 0 aromatic heterocycles. The van der Waals surface area contributed by atoms with Gasteiger partial charge in [0, 0.05) is 17.6 Å². The fraction of sp³-hybridized carbons (Fsp3) is 0.438. The highest BCUT2D eigenvalue weighted by Gasteiger charge is 2.51. The smallest absolute Gasteiger partial charge is 0.292 e. The summed E-state index contributed by atoms with van der Waals surface area (Å²) in [6.45, 7) is 10.1. The van der Waals surface area contributed by atoms with Crippen molar-refractivity contribution in [3.8, 4) is 11.1 Å². The van der Waals surface area contributed by atoms with E-state index in [4.69, 9.17) is 11.6 Å². The number of aryl methyl sites for hydroxylation is 1. The number of nitro benzene ring substituents is 1. The maximum absolute atomic E-state index is 12.0. The van der Waals surface area contributed by atoms with Gasteiger partial charge in [0.1, 0.15) is 5.69 Å². The van der Waals surface area contributed by atoms with E-state index in [0.29, 0.717) is 22.5 Å². The van der Waals surface area contributed by atoms with Crippen LogP contribution in [-0.2, 0) is 11.8 Å². The summed E-state index contributed by atoms with van der Waals surface area (Å²) in [7, 11) is 0. The molecule has 3 atom stereocenters. The second-order valence-electron chi connectivity index (χ2n) is 11.9. The number of halogens is 1. The third kappa shape index (κ3) is 4.77. The van der Waals surface area contributed by atoms with Crippen LogP contribution in [-0.4, -0.2) is 11.5 Å². The molecule has 1 saturated carbocycles. The van der Waals surface area contributed by atoms with Gasteiger partial charge in [-0.2, -0.15) is 0 Å². The van der Waals surface area contributed by atoms with Crippen molar-refractivity contribution in [3.63, 3.8) is 0 Å². The minimum Gasteiger partial charge on any atom is -0.379 e. The van der Waals surface area contributed by atoms with Crippen molar-refractivity contribution >= 4 is 23.0 Å². The first-order valence-electron chi connectivity index (χ1n) is 13.5. The zero-order valence-electron chi connectivity index (χ0n) is 22.3. The minimum atomic E-state index is -0.285. The van der Waals surface area contributed by atoms with Gasteiger partial charge in [-0.25, -0.2) is 0 Å². The summed E-state index contributed by atoms with van der Waals surface area (Å²) in [6, 6.07) is 20.0. The Morgan fingerprint density at radius 3 is 2.57 bits per heavy atom. The number of nitrogens with zero attached hydrogens (tertiary/aromatic N) is 1. The first-order valence-corrected chi connectivity index (χ1v) is 13.9. The summed E-state index contributed by atoms with van der Waals surface area (Å²) in [6.07, 6.45) is 5.79. The van der Waals surface area contributed by atoms with Gasteiger partial charge in [0.05, 0.1) is 4.92 Å². The van der Waals surface area contributed by atoms with Gasteiger partial charge >= 0.3 is 0 Å². The zero-order chi connectivity index (χ0) is 26.4. The van der Waals surface area contributed by atoms with Crippen LogP contribution in [0.2, 0.25) is 5.02 Å². The molecule has 0 amide bonds. The third-order valence-corrected chi connectivity index (χ3v) is 9.44. The van der Waals surface area contributed by atoms with E-state index in [2.05, 4.69) is 51.2 Å². The number of anilines is 1. The van der Waals surface area contributed by atoms with Crippen molar-refractivity contribution < 1.29 is 4.92 Å². The topological polar surface area (TPSA) is 55.2 Å². The van der Waals surface area contributed by atoms with E-state index in [-0.39, 0.29) is 21.4 Å². The van der Waals surface area contributed by atoms with E-state index in [9.17, 15) is 10.1 Å². The summed E-state index contributed by atoms with van der Waals surface area (Å²) in [5.41, 5.74) is 7.03. The fourth-order valence-corrected chi connectivity index (χ4v) is 7.38. The minimum absolute atomic E-state index is 0.0565. The van der Waals surface area contributed by atoms with Crippen LogP contribution in [0.1, 0.15) is 76.0 Å². The molecule has 0 heterocycles. The van der Waals surface area contributed by atoms with Crippen LogP contribution in [0.25, 0.3) is 11.1 Å². The highest BCUT2D eigenvalue weighted by Crippen LogP contribution is 2.57. The molecule has 2 aliphatic rings. The first-order chi connectivity index (χ1) is 17.6. The highest BCUT2D eigenvalue weighted by molar-refractivity contribution is 6.30. The molecule has 194 valence electrons. The van der Waals surface area contributed by atoms with Crippen molar-refractivity contribution in [3.05, 3.63) is 92.5 Å². The van der Waals surface area contributed by atoms with Crippen LogP contribution in [0.3, 0.4) is 0 Å². The molecule has 5 rings (SSSR count). The van der Waals surface area contributed by atoms with Crippen LogP contribution in [0, 0.1) is 21.4 Å². The summed E-state index contributed by atoms with van der Waals surface area (Å²) < 4.78 is 0. The lowest BCUT2D eigenvalue weighted by Gasteiger charge is -2.55. The SMILES string of the molecule is CC(C)c1ccc2c(c1)CC[C@H]1[C@@](C)(CNc3ccc(-c4cccc(Cl)c4)cc3[N+](=O)[O-])CCC[C@]21C. The molecule has 1 fully saturated rings. The summed E-state index contributed by atoms with van der Waals surface area (Å²) in [5, 5.41) is 16.2. The maximum Gasteiger partial charge on any atom is 0.292 e. The van der Waals surface area contributed by atoms with Crippen molar-refractivity contribution in [2.75, 3.05) is 11.9 Å². The van der Waals surface area contributed by atoms with Crippen LogP contribution in [0.4, 0.5) is 11.4 Å². The number of hydrogen-bond donors (Lipinski definition) is 1. The van der Waals surface area contributed by atoms with Crippen LogP contribution in [0.15, 0.2) is 60.7 Å². The Balaban J connectivity index is 1.41. The van der Waals surface area contributed by atoms with E-state index in [1.165, 1.54) is 36.0 Å². The highest BCUT2D eigenvalue weighted by atomic mass is 35.5. The summed E-state index contributed by atoms with van der Waals surface area (Å²) >= 11 is 6.15. The van der Waals surface area contributed by atoms with Crippen molar-refractivity contribution in [2.24, 2.45) is 11.3 Å². The lowest BCUT2D eigenvalue weighted by Crippen LogP contribution is -2.51. The van der Waals surface area contributed by atoms with Gasteiger partial charge < -0.3 is 5.32 Å². The van der Waals surface area contributed by atoms with E-state index < -0.39 is 0 Å². The number of rotatable bonds is 6. The van der Waals surface area contributed by atoms with Crippen molar-refractivity contribution in [2.45, 2.75) is 71.1 Å². The Morgan fingerprint density at radius 2 is 1.84 bits per heavy atom. The molecule has 0 spiro atoms. The predicted molar refractivity (Wildman–Crippen MR) is 154 cm³/mol. The monoisotopic (exact) mass is 516 g/mol. The fourth-order valence-electron chi connectivity index (χ4n) is 7.19. The Hall–Kier alpha value is -2.85. The average molecular weight is 517 g/mol. The largest absolute Gasteiger partial charge is 0.379 e. The van der Waals surface area contributed by atoms with Gasteiger partial charge in [0.25, 0.3) is 5.69 Å². The molecule has 0 radical (unpaired) electrons. The second kappa shape index (κ2) is 9.79. The Bertz CT molecular complexity index is 1340. The molecular weight excluding hydrogens is 480 g/mol. The Labute approximate surface area is 225 Å². The molecule has 0 unspecified atom stereocenters. The van der Waals surface area contributed by atoms with Crippen LogP contribution in [0.5, 0.6) is 0 Å². The van der Waals surface area contributed by atoms with Gasteiger partial charge in [-0.05, 0) is 94.4 Å². The van der Waals surface area contributed by atoms with Gasteiger partial charge in [-0.1, -0.05) is 82.1 Å². The van der Waals surface area contributed by atoms with Gasteiger partial charge in [-0.3, -0.25) is 10.1 Å². The van der Waals surface area contributed by atoms with Crippen molar-refractivity contribution in [1.82, 2.24) is 0 Å². The predicted octanol–water partition coefficient (Wildman–Crippen LogP) is 9.16. The number of benzene rings is 3. The molecule has 0 saturated heterocycles. The Kier molecular flexibility index (Phi) is 6.83. The normalized spacial score (nSPS) is 24.9. The van der Waals surface area contributed by atoms with Crippen molar-refractivity contribution in [1.29, 1.82) is 0 Å². The number of hydrogen-bond acceptors (Lipinski definition) is 3. The van der Waals surface area contributed by atoms with Gasteiger partial charge in [0.2, 0.25) is 0 Å². The maximum atomic E-state index is 12.0. The molecule has 5 heteroatoms. The standard InChI is InChI=1S/C32H37ClN2O2/c1-21(2)22-9-12-27-25(17-22)11-14-30-31(3,15-6-16-32(27,30)4)20-34-28-13-10-24(19-29(28)35(36)37)23-7-5-8-26(33)18-23/h5,7-10,12-13,17-19,21,30,34H,6,11,14-16,20H2,1-4H3/t30-,31+,32+/m0/s1. The molecule has 3 aromatic rings. The van der Waals surface area contributed by atoms with E-state index in [1.54, 1.807) is 12.1 Å². The molecule has 37 heavy (non-hydrogen) atoms. The number of nitrogens with one attached hydrogen (secondary N) is 1. The van der Waals surface area contributed by atoms with Crippen LogP contribution >= 0.6 is 11.6 Å². The molecule has 2 aliphatic carbocycles. The second-order valence-corrected chi connectivity index (χ2v) is 12.4. The summed E-state index contributed by atoms with van der Waals surface area (Å²) in [4.78, 5) is 11.7. The molecule has 4 nitrogen and oxygen atoms in total.